The Balaban J connectivity index is 0.00000225. The van der Waals surface area contributed by atoms with E-state index in [4.69, 9.17) is 0 Å². The minimum absolute atomic E-state index is 0. The summed E-state index contributed by atoms with van der Waals surface area (Å²) in [4.78, 5) is 27.9. The number of carbonyl (C=O) groups excluding carboxylic acids is 2. The lowest BCUT2D eigenvalue weighted by Gasteiger charge is -2.12. The quantitative estimate of drug-likeness (QED) is 0.531. The molecule has 11 heteroatoms. The maximum absolute atomic E-state index is 13.2. The van der Waals surface area contributed by atoms with E-state index >= 15 is 0 Å². The molecule has 4 N–H and O–H groups in total. The number of amides is 3. The number of hydrogen-bond donors (Lipinski definition) is 4. The average molecular weight is 462 g/mol. The second-order valence-electron chi connectivity index (χ2n) is 6.57. The van der Waals surface area contributed by atoms with Crippen molar-refractivity contribution in [1.82, 2.24) is 20.9 Å². The van der Waals surface area contributed by atoms with Crippen LogP contribution < -0.4 is 21.3 Å². The van der Waals surface area contributed by atoms with Crippen molar-refractivity contribution in [3.63, 3.8) is 0 Å². The SMILES string of the molecule is Cl.Cl.O=C(NCc1ccncc1)Nc1cccc(CNC(=O)C2CC(F)(F)CN2)c1. The van der Waals surface area contributed by atoms with Crippen LogP contribution in [0.1, 0.15) is 17.5 Å². The molecule has 2 aromatic rings. The summed E-state index contributed by atoms with van der Waals surface area (Å²) in [6.07, 6.45) is 2.79. The van der Waals surface area contributed by atoms with Gasteiger partial charge in [-0.05, 0) is 35.4 Å². The Hall–Kier alpha value is -2.49. The van der Waals surface area contributed by atoms with Gasteiger partial charge in [-0.1, -0.05) is 12.1 Å². The van der Waals surface area contributed by atoms with Crippen molar-refractivity contribution < 1.29 is 18.4 Å². The van der Waals surface area contributed by atoms with E-state index in [2.05, 4.69) is 26.3 Å². The van der Waals surface area contributed by atoms with Crippen molar-refractivity contribution in [3.05, 3.63) is 59.9 Å². The van der Waals surface area contributed by atoms with Crippen LogP contribution in [0.15, 0.2) is 48.8 Å². The zero-order valence-electron chi connectivity index (χ0n) is 15.9. The highest BCUT2D eigenvalue weighted by molar-refractivity contribution is 5.89. The molecule has 30 heavy (non-hydrogen) atoms. The second-order valence-corrected chi connectivity index (χ2v) is 6.57. The lowest BCUT2D eigenvalue weighted by molar-refractivity contribution is -0.123. The van der Waals surface area contributed by atoms with Crippen LogP contribution in [0.5, 0.6) is 0 Å². The fourth-order valence-electron chi connectivity index (χ4n) is 2.83. The molecule has 1 aromatic carbocycles. The summed E-state index contributed by atoms with van der Waals surface area (Å²) in [5.41, 5.74) is 2.22. The van der Waals surface area contributed by atoms with Gasteiger partial charge in [-0.25, -0.2) is 13.6 Å². The van der Waals surface area contributed by atoms with E-state index < -0.39 is 30.8 Å². The Bertz CT molecular complexity index is 843. The molecule has 1 aliphatic heterocycles. The van der Waals surface area contributed by atoms with Gasteiger partial charge in [0.15, 0.2) is 0 Å². The summed E-state index contributed by atoms with van der Waals surface area (Å²) in [5, 5.41) is 10.6. The summed E-state index contributed by atoms with van der Waals surface area (Å²) in [7, 11) is 0. The topological polar surface area (TPSA) is 95.2 Å². The number of pyridine rings is 1. The first-order chi connectivity index (χ1) is 13.4. The van der Waals surface area contributed by atoms with Crippen molar-refractivity contribution in [1.29, 1.82) is 0 Å². The average Bonchev–Trinajstić information content (AvgIpc) is 3.05. The van der Waals surface area contributed by atoms with Gasteiger partial charge in [0.05, 0.1) is 12.6 Å². The largest absolute Gasteiger partial charge is 0.351 e. The maximum Gasteiger partial charge on any atom is 0.319 e. The van der Waals surface area contributed by atoms with E-state index in [1.165, 1.54) is 0 Å². The molecule has 0 spiro atoms. The first-order valence-corrected chi connectivity index (χ1v) is 8.83. The molecule has 1 unspecified atom stereocenters. The van der Waals surface area contributed by atoms with Crippen molar-refractivity contribution in [2.45, 2.75) is 31.5 Å². The smallest absolute Gasteiger partial charge is 0.319 e. The van der Waals surface area contributed by atoms with E-state index in [9.17, 15) is 18.4 Å². The van der Waals surface area contributed by atoms with Gasteiger partial charge in [-0.2, -0.15) is 0 Å². The fraction of sp³-hybridized carbons (Fsp3) is 0.316. The van der Waals surface area contributed by atoms with Gasteiger partial charge >= 0.3 is 6.03 Å². The first-order valence-electron chi connectivity index (χ1n) is 8.83. The van der Waals surface area contributed by atoms with Gasteiger partial charge < -0.3 is 16.0 Å². The second kappa shape index (κ2) is 11.6. The molecule has 1 aromatic heterocycles. The van der Waals surface area contributed by atoms with Crippen molar-refractivity contribution in [2.75, 3.05) is 11.9 Å². The Morgan fingerprint density at radius 3 is 2.43 bits per heavy atom. The molecule has 1 aliphatic rings. The molecule has 0 bridgehead atoms. The summed E-state index contributed by atoms with van der Waals surface area (Å²) in [6, 6.07) is 9.29. The molecule has 0 saturated carbocycles. The van der Waals surface area contributed by atoms with Crippen LogP contribution in [0.2, 0.25) is 0 Å². The molecular weight excluding hydrogens is 439 g/mol. The summed E-state index contributed by atoms with van der Waals surface area (Å²) < 4.78 is 26.3. The highest BCUT2D eigenvalue weighted by atomic mass is 35.5. The molecule has 2 heterocycles. The van der Waals surface area contributed by atoms with Crippen LogP contribution in [0.4, 0.5) is 19.3 Å². The summed E-state index contributed by atoms with van der Waals surface area (Å²) in [5.74, 6) is -3.32. The van der Waals surface area contributed by atoms with E-state index in [1.54, 1.807) is 48.8 Å². The van der Waals surface area contributed by atoms with Gasteiger partial charge in [0, 0.05) is 37.6 Å². The standard InChI is InChI=1S/C19H21F2N5O2.2ClH/c20-19(21)9-16(25-12-19)17(27)23-11-14-2-1-3-15(8-14)26-18(28)24-10-13-4-6-22-7-5-13;;/h1-8,16,25H,9-12H2,(H,23,27)(H2,24,26,28);2*1H. The Morgan fingerprint density at radius 2 is 1.77 bits per heavy atom. The normalized spacial score (nSPS) is 16.5. The zero-order valence-corrected chi connectivity index (χ0v) is 17.5. The third-order valence-corrected chi connectivity index (χ3v) is 4.28. The molecule has 1 fully saturated rings. The van der Waals surface area contributed by atoms with Crippen molar-refractivity contribution in [2.24, 2.45) is 0 Å². The number of hydrogen-bond acceptors (Lipinski definition) is 4. The number of rotatable bonds is 6. The Kier molecular flexibility index (Phi) is 9.91. The number of nitrogens with one attached hydrogen (secondary N) is 4. The number of halogens is 4. The van der Waals surface area contributed by atoms with Gasteiger partial charge in [-0.3, -0.25) is 15.1 Å². The van der Waals surface area contributed by atoms with Gasteiger partial charge in [0.1, 0.15) is 0 Å². The number of aromatic nitrogens is 1. The van der Waals surface area contributed by atoms with Crippen LogP contribution >= 0.6 is 24.8 Å². The molecular formula is C19H23Cl2F2N5O2. The highest BCUT2D eigenvalue weighted by Crippen LogP contribution is 2.25. The third kappa shape index (κ3) is 7.74. The predicted molar refractivity (Wildman–Crippen MR) is 114 cm³/mol. The van der Waals surface area contributed by atoms with Crippen LogP contribution in [-0.2, 0) is 17.9 Å². The summed E-state index contributed by atoms with van der Waals surface area (Å²) >= 11 is 0. The first kappa shape index (κ1) is 25.5. The fourth-order valence-corrected chi connectivity index (χ4v) is 2.83. The predicted octanol–water partition coefficient (Wildman–Crippen LogP) is 2.86. The maximum atomic E-state index is 13.2. The monoisotopic (exact) mass is 461 g/mol. The number of nitrogens with zero attached hydrogens (tertiary/aromatic N) is 1. The van der Waals surface area contributed by atoms with Gasteiger partial charge in [0.2, 0.25) is 5.91 Å². The van der Waals surface area contributed by atoms with E-state index in [0.717, 1.165) is 11.1 Å². The van der Waals surface area contributed by atoms with Crippen LogP contribution in [0.25, 0.3) is 0 Å². The molecule has 3 amide bonds. The number of anilines is 1. The van der Waals surface area contributed by atoms with Crippen molar-refractivity contribution >= 4 is 42.4 Å². The third-order valence-electron chi connectivity index (χ3n) is 4.28. The number of alkyl halides is 2. The molecule has 7 nitrogen and oxygen atoms in total. The molecule has 164 valence electrons. The van der Waals surface area contributed by atoms with Crippen LogP contribution in [0, 0.1) is 0 Å². The lowest BCUT2D eigenvalue weighted by atomic mass is 10.1. The minimum atomic E-state index is -2.85. The lowest BCUT2D eigenvalue weighted by Crippen LogP contribution is -2.40. The van der Waals surface area contributed by atoms with E-state index in [-0.39, 0.29) is 37.4 Å². The number of urea groups is 1. The van der Waals surface area contributed by atoms with Gasteiger partial charge in [-0.15, -0.1) is 24.8 Å². The zero-order chi connectivity index (χ0) is 20.0. The van der Waals surface area contributed by atoms with Gasteiger partial charge in [0.25, 0.3) is 5.92 Å². The van der Waals surface area contributed by atoms with Crippen molar-refractivity contribution in [3.8, 4) is 0 Å². The molecule has 1 atom stereocenters. The molecule has 0 aliphatic carbocycles. The molecule has 0 radical (unpaired) electrons. The van der Waals surface area contributed by atoms with Crippen LogP contribution in [0.3, 0.4) is 0 Å². The summed E-state index contributed by atoms with van der Waals surface area (Å²) in [6.45, 7) is 0.0545. The minimum Gasteiger partial charge on any atom is -0.351 e. The Morgan fingerprint density at radius 1 is 1.07 bits per heavy atom. The number of benzene rings is 1. The highest BCUT2D eigenvalue weighted by Gasteiger charge is 2.42. The van der Waals surface area contributed by atoms with Crippen LogP contribution in [-0.4, -0.2) is 35.4 Å². The van der Waals surface area contributed by atoms with E-state index in [0.29, 0.717) is 12.2 Å². The molecule has 1 saturated heterocycles. The number of carbonyl (C=O) groups is 2. The Labute approximate surface area is 185 Å². The molecule has 3 rings (SSSR count). The van der Waals surface area contributed by atoms with E-state index in [1.807, 2.05) is 0 Å².